The van der Waals surface area contributed by atoms with Gasteiger partial charge in [0.15, 0.2) is 0 Å². The second-order valence-corrected chi connectivity index (χ2v) is 8.24. The highest BCUT2D eigenvalue weighted by Gasteiger charge is 2.20. The van der Waals surface area contributed by atoms with Gasteiger partial charge in [0, 0.05) is 23.0 Å². The van der Waals surface area contributed by atoms with E-state index >= 15 is 0 Å². The highest BCUT2D eigenvalue weighted by atomic mass is 16.5. The Hall–Kier alpha value is -3.99. The number of para-hydroxylation sites is 1. The summed E-state index contributed by atoms with van der Waals surface area (Å²) in [6, 6.07) is 24.8. The average Bonchev–Trinajstić information content (AvgIpc) is 3.37. The maximum absolute atomic E-state index is 5.69. The first kappa shape index (κ1) is 20.9. The molecule has 0 N–H and O–H groups in total. The largest absolute Gasteiger partial charge is 0.497 e. The molecule has 0 aliphatic rings. The lowest BCUT2D eigenvalue weighted by Gasteiger charge is -2.08. The lowest BCUT2D eigenvalue weighted by Crippen LogP contribution is -1.99. The first-order valence-corrected chi connectivity index (χ1v) is 11.0. The third-order valence-electron chi connectivity index (χ3n) is 6.09. The van der Waals surface area contributed by atoms with Crippen molar-refractivity contribution in [2.45, 2.75) is 20.4 Å². The number of fused-ring (bicyclic) bond motifs is 1. The van der Waals surface area contributed by atoms with Crippen molar-refractivity contribution in [3.8, 4) is 34.0 Å². The number of ether oxygens (including phenoxy) is 2. The van der Waals surface area contributed by atoms with Gasteiger partial charge in [-0.05, 0) is 43.7 Å². The summed E-state index contributed by atoms with van der Waals surface area (Å²) in [5.74, 6) is 2.59. The molecule has 0 aliphatic carbocycles. The van der Waals surface area contributed by atoms with Crippen LogP contribution in [-0.2, 0) is 6.54 Å². The molecule has 3 aromatic carbocycles. The number of methoxy groups -OCH3 is 2. The van der Waals surface area contributed by atoms with E-state index in [1.54, 1.807) is 14.2 Å². The zero-order chi connectivity index (χ0) is 22.9. The van der Waals surface area contributed by atoms with Crippen LogP contribution in [0.15, 0.2) is 79.0 Å². The summed E-state index contributed by atoms with van der Waals surface area (Å²) in [4.78, 5) is 5.10. The lowest BCUT2D eigenvalue weighted by atomic mass is 10.1. The molecule has 5 heteroatoms. The molecular weight excluding hydrogens is 410 g/mol. The minimum atomic E-state index is 0.701. The van der Waals surface area contributed by atoms with Gasteiger partial charge in [0.2, 0.25) is 5.78 Å². The minimum Gasteiger partial charge on any atom is -0.497 e. The Bertz CT molecular complexity index is 1410. The molecule has 166 valence electrons. The summed E-state index contributed by atoms with van der Waals surface area (Å²) in [5.41, 5.74) is 7.71. The average molecular weight is 438 g/mol. The van der Waals surface area contributed by atoms with Gasteiger partial charge in [-0.3, -0.25) is 4.40 Å². The lowest BCUT2D eigenvalue weighted by molar-refractivity contribution is 0.414. The monoisotopic (exact) mass is 437 g/mol. The van der Waals surface area contributed by atoms with Crippen molar-refractivity contribution in [1.82, 2.24) is 14.0 Å². The molecule has 0 radical (unpaired) electrons. The fraction of sp³-hybridized carbons (Fsp3) is 0.179. The van der Waals surface area contributed by atoms with Gasteiger partial charge in [-0.15, -0.1) is 0 Å². The predicted molar refractivity (Wildman–Crippen MR) is 132 cm³/mol. The van der Waals surface area contributed by atoms with Crippen molar-refractivity contribution in [2.24, 2.45) is 0 Å². The molecule has 0 amide bonds. The van der Waals surface area contributed by atoms with E-state index in [0.29, 0.717) is 6.54 Å². The summed E-state index contributed by atoms with van der Waals surface area (Å²) in [6.45, 7) is 4.93. The topological polar surface area (TPSA) is 40.7 Å². The van der Waals surface area contributed by atoms with E-state index in [1.165, 1.54) is 11.1 Å². The van der Waals surface area contributed by atoms with E-state index < -0.39 is 0 Å². The van der Waals surface area contributed by atoms with Gasteiger partial charge in [0.25, 0.3) is 0 Å². The van der Waals surface area contributed by atoms with Crippen molar-refractivity contribution >= 4 is 5.78 Å². The van der Waals surface area contributed by atoms with E-state index in [0.717, 1.165) is 45.5 Å². The van der Waals surface area contributed by atoms with E-state index in [2.05, 4.69) is 71.5 Å². The molecular formula is C28H27N3O2. The normalized spacial score (nSPS) is 11.2. The van der Waals surface area contributed by atoms with Gasteiger partial charge in [-0.2, -0.15) is 0 Å². The molecule has 0 spiro atoms. The van der Waals surface area contributed by atoms with Gasteiger partial charge in [-0.1, -0.05) is 54.1 Å². The second-order valence-electron chi connectivity index (χ2n) is 8.24. The molecule has 0 unspecified atom stereocenters. The molecule has 2 aromatic heterocycles. The first-order chi connectivity index (χ1) is 16.1. The molecule has 5 aromatic rings. The van der Waals surface area contributed by atoms with Crippen LogP contribution in [0.2, 0.25) is 0 Å². The molecule has 0 atom stereocenters. The van der Waals surface area contributed by atoms with Crippen LogP contribution in [0, 0.1) is 13.8 Å². The summed E-state index contributed by atoms with van der Waals surface area (Å²) in [7, 11) is 3.40. The van der Waals surface area contributed by atoms with Crippen LogP contribution >= 0.6 is 0 Å². The smallest absolute Gasteiger partial charge is 0.215 e. The predicted octanol–water partition coefficient (Wildman–Crippen LogP) is 6.15. The van der Waals surface area contributed by atoms with Crippen LogP contribution in [0.1, 0.15) is 16.8 Å². The van der Waals surface area contributed by atoms with Gasteiger partial charge >= 0.3 is 0 Å². The number of aryl methyl sites for hydroxylation is 2. The molecule has 2 heterocycles. The van der Waals surface area contributed by atoms with Crippen molar-refractivity contribution in [2.75, 3.05) is 14.2 Å². The van der Waals surface area contributed by atoms with E-state index in [1.807, 2.05) is 30.3 Å². The SMILES string of the molecule is COc1ccc(Cn2cc(-c3ccccc3OC)n3c(C)c(-c4ccc(C)cc4)nc23)cc1. The number of benzene rings is 3. The Labute approximate surface area is 193 Å². The van der Waals surface area contributed by atoms with Crippen molar-refractivity contribution < 1.29 is 9.47 Å². The van der Waals surface area contributed by atoms with Crippen molar-refractivity contribution in [3.63, 3.8) is 0 Å². The van der Waals surface area contributed by atoms with E-state index in [4.69, 9.17) is 14.5 Å². The zero-order valence-corrected chi connectivity index (χ0v) is 19.4. The summed E-state index contributed by atoms with van der Waals surface area (Å²) in [5, 5.41) is 0. The van der Waals surface area contributed by atoms with Crippen LogP contribution in [-0.4, -0.2) is 28.2 Å². The molecule has 5 nitrogen and oxygen atoms in total. The number of hydrogen-bond acceptors (Lipinski definition) is 3. The molecule has 33 heavy (non-hydrogen) atoms. The van der Waals surface area contributed by atoms with Crippen molar-refractivity contribution in [3.05, 3.63) is 95.8 Å². The summed E-state index contributed by atoms with van der Waals surface area (Å²) >= 11 is 0. The highest BCUT2D eigenvalue weighted by molar-refractivity contribution is 5.74. The maximum Gasteiger partial charge on any atom is 0.215 e. The third kappa shape index (κ3) is 3.76. The van der Waals surface area contributed by atoms with Gasteiger partial charge < -0.3 is 14.0 Å². The second kappa shape index (κ2) is 8.51. The van der Waals surface area contributed by atoms with Crippen LogP contribution < -0.4 is 9.47 Å². The van der Waals surface area contributed by atoms with E-state index in [-0.39, 0.29) is 0 Å². The summed E-state index contributed by atoms with van der Waals surface area (Å²) < 4.78 is 15.4. The minimum absolute atomic E-state index is 0.701. The Balaban J connectivity index is 1.70. The Morgan fingerprint density at radius 3 is 2.24 bits per heavy atom. The third-order valence-corrected chi connectivity index (χ3v) is 6.09. The van der Waals surface area contributed by atoms with Gasteiger partial charge in [0.05, 0.1) is 32.2 Å². The zero-order valence-electron chi connectivity index (χ0n) is 19.4. The molecule has 0 saturated heterocycles. The molecule has 0 fully saturated rings. The van der Waals surface area contributed by atoms with Crippen LogP contribution in [0.3, 0.4) is 0 Å². The number of aromatic nitrogens is 3. The fourth-order valence-electron chi connectivity index (χ4n) is 4.31. The number of hydrogen-bond donors (Lipinski definition) is 0. The summed E-state index contributed by atoms with van der Waals surface area (Å²) in [6.07, 6.45) is 2.16. The van der Waals surface area contributed by atoms with Crippen LogP contribution in [0.5, 0.6) is 11.5 Å². The quantitative estimate of drug-likeness (QED) is 0.320. The molecule has 0 aliphatic heterocycles. The first-order valence-electron chi connectivity index (χ1n) is 11.0. The Morgan fingerprint density at radius 1 is 0.818 bits per heavy atom. The maximum atomic E-state index is 5.69. The van der Waals surface area contributed by atoms with Crippen molar-refractivity contribution in [1.29, 1.82) is 0 Å². The Kier molecular flexibility index (Phi) is 5.38. The Morgan fingerprint density at radius 2 is 1.55 bits per heavy atom. The number of nitrogens with zero attached hydrogens (tertiary/aromatic N) is 3. The highest BCUT2D eigenvalue weighted by Crippen LogP contribution is 2.35. The van der Waals surface area contributed by atoms with Crippen LogP contribution in [0.4, 0.5) is 0 Å². The molecule has 0 saturated carbocycles. The standard InChI is InChI=1S/C28H27N3O2/c1-19-9-13-22(14-10-19)27-20(2)31-25(24-7-5-6-8-26(24)33-4)18-30(28(31)29-27)17-21-11-15-23(32-3)16-12-21/h5-16,18H,17H2,1-4H3. The number of rotatable bonds is 6. The molecule has 5 rings (SSSR count). The number of imidazole rings is 2. The fourth-order valence-corrected chi connectivity index (χ4v) is 4.31. The van der Waals surface area contributed by atoms with E-state index in [9.17, 15) is 0 Å². The van der Waals surface area contributed by atoms with Crippen LogP contribution in [0.25, 0.3) is 28.3 Å². The van der Waals surface area contributed by atoms with Gasteiger partial charge in [0.1, 0.15) is 11.5 Å². The van der Waals surface area contributed by atoms with Gasteiger partial charge in [-0.25, -0.2) is 4.98 Å². The molecule has 0 bridgehead atoms.